The van der Waals surface area contributed by atoms with Gasteiger partial charge in [0, 0.05) is 31.5 Å². The summed E-state index contributed by atoms with van der Waals surface area (Å²) in [4.78, 5) is 15.4. The van der Waals surface area contributed by atoms with Crippen LogP contribution in [0.4, 0.5) is 6.01 Å². The van der Waals surface area contributed by atoms with Crippen LogP contribution in [0.5, 0.6) is 11.5 Å². The Bertz CT molecular complexity index is 1100. The van der Waals surface area contributed by atoms with Gasteiger partial charge in [-0.25, -0.2) is 4.98 Å². The number of hydrogen-bond donors (Lipinski definition) is 0. The van der Waals surface area contributed by atoms with Gasteiger partial charge in [0.05, 0.1) is 25.5 Å². The van der Waals surface area contributed by atoms with Crippen LogP contribution >= 0.6 is 0 Å². The van der Waals surface area contributed by atoms with Gasteiger partial charge in [0.1, 0.15) is 29.4 Å². The van der Waals surface area contributed by atoms with E-state index in [1.54, 1.807) is 13.3 Å². The van der Waals surface area contributed by atoms with Crippen molar-refractivity contribution in [2.75, 3.05) is 18.6 Å². The number of pyridine rings is 1. The Morgan fingerprint density at radius 1 is 1.11 bits per heavy atom. The minimum absolute atomic E-state index is 0.370. The Morgan fingerprint density at radius 3 is 2.89 bits per heavy atom. The molecule has 4 heterocycles. The first-order valence-electron chi connectivity index (χ1n) is 9.06. The van der Waals surface area contributed by atoms with Gasteiger partial charge in [0.15, 0.2) is 5.58 Å². The zero-order valence-electron chi connectivity index (χ0n) is 15.4. The van der Waals surface area contributed by atoms with Gasteiger partial charge in [-0.15, -0.1) is 0 Å². The number of aromatic nitrogens is 4. The molecule has 0 unspecified atom stereocenters. The standard InChI is InChI=1S/C20H19N5O3/c1-26-16-3-2-14(22-11-16)13-27-15-4-5-18-17(10-15)23-20(28-18)25-9-8-24-7-6-21-19(24)12-25/h2-7,10-11H,8-9,12-13H2,1H3. The average molecular weight is 377 g/mol. The first-order valence-corrected chi connectivity index (χ1v) is 9.06. The van der Waals surface area contributed by atoms with Crippen molar-refractivity contribution in [1.29, 1.82) is 0 Å². The fourth-order valence-electron chi connectivity index (χ4n) is 3.23. The number of oxazole rings is 1. The van der Waals surface area contributed by atoms with Crippen molar-refractivity contribution in [3.63, 3.8) is 0 Å². The van der Waals surface area contributed by atoms with Crippen LogP contribution in [-0.4, -0.2) is 33.2 Å². The maximum atomic E-state index is 5.94. The topological polar surface area (TPSA) is 78.4 Å². The number of fused-ring (bicyclic) bond motifs is 2. The van der Waals surface area contributed by atoms with Gasteiger partial charge in [-0.3, -0.25) is 4.98 Å². The van der Waals surface area contributed by atoms with E-state index in [2.05, 4.69) is 24.4 Å². The molecule has 0 N–H and O–H groups in total. The molecule has 0 saturated heterocycles. The number of ether oxygens (including phenoxy) is 2. The van der Waals surface area contributed by atoms with Crippen molar-refractivity contribution in [3.8, 4) is 11.5 Å². The molecule has 0 fully saturated rings. The summed E-state index contributed by atoms with van der Waals surface area (Å²) in [6, 6.07) is 10.0. The Hall–Kier alpha value is -3.55. The monoisotopic (exact) mass is 377 g/mol. The summed E-state index contributed by atoms with van der Waals surface area (Å²) in [5.74, 6) is 2.46. The smallest absolute Gasteiger partial charge is 0.298 e. The molecule has 0 spiro atoms. The average Bonchev–Trinajstić information content (AvgIpc) is 3.38. The lowest BCUT2D eigenvalue weighted by Crippen LogP contribution is -2.33. The zero-order valence-corrected chi connectivity index (χ0v) is 15.4. The van der Waals surface area contributed by atoms with Crippen LogP contribution in [0.15, 0.2) is 53.3 Å². The van der Waals surface area contributed by atoms with Crippen LogP contribution in [0.2, 0.25) is 0 Å². The molecule has 5 rings (SSSR count). The molecule has 0 bridgehead atoms. The molecule has 0 radical (unpaired) electrons. The van der Waals surface area contributed by atoms with Gasteiger partial charge in [-0.1, -0.05) is 0 Å². The highest BCUT2D eigenvalue weighted by Gasteiger charge is 2.21. The molecule has 142 valence electrons. The molecule has 0 saturated carbocycles. The van der Waals surface area contributed by atoms with Crippen LogP contribution < -0.4 is 14.4 Å². The third-order valence-corrected chi connectivity index (χ3v) is 4.78. The molecule has 1 aliphatic heterocycles. The van der Waals surface area contributed by atoms with Crippen LogP contribution in [0.1, 0.15) is 11.5 Å². The molecule has 1 aromatic carbocycles. The maximum absolute atomic E-state index is 5.94. The fourth-order valence-corrected chi connectivity index (χ4v) is 3.23. The van der Waals surface area contributed by atoms with E-state index >= 15 is 0 Å². The van der Waals surface area contributed by atoms with E-state index in [9.17, 15) is 0 Å². The molecule has 4 aromatic rings. The van der Waals surface area contributed by atoms with E-state index in [0.29, 0.717) is 19.2 Å². The summed E-state index contributed by atoms with van der Waals surface area (Å²) in [7, 11) is 1.62. The van der Waals surface area contributed by atoms with Crippen molar-refractivity contribution in [2.24, 2.45) is 0 Å². The fraction of sp³-hybridized carbons (Fsp3) is 0.250. The number of benzene rings is 1. The van der Waals surface area contributed by atoms with Crippen LogP contribution in [0.25, 0.3) is 11.1 Å². The Morgan fingerprint density at radius 2 is 2.04 bits per heavy atom. The molecule has 8 nitrogen and oxygen atoms in total. The zero-order chi connectivity index (χ0) is 18.9. The molecule has 8 heteroatoms. The number of nitrogens with zero attached hydrogens (tertiary/aromatic N) is 5. The molecular weight excluding hydrogens is 358 g/mol. The molecule has 0 amide bonds. The number of hydrogen-bond acceptors (Lipinski definition) is 7. The van der Waals surface area contributed by atoms with Gasteiger partial charge in [-0.05, 0) is 24.3 Å². The third-order valence-electron chi connectivity index (χ3n) is 4.78. The number of methoxy groups -OCH3 is 1. The summed E-state index contributed by atoms with van der Waals surface area (Å²) >= 11 is 0. The highest BCUT2D eigenvalue weighted by molar-refractivity contribution is 5.76. The van der Waals surface area contributed by atoms with Gasteiger partial charge < -0.3 is 23.4 Å². The Balaban J connectivity index is 1.31. The van der Waals surface area contributed by atoms with E-state index < -0.39 is 0 Å². The number of anilines is 1. The highest BCUT2D eigenvalue weighted by atomic mass is 16.5. The number of rotatable bonds is 5. The lowest BCUT2D eigenvalue weighted by molar-refractivity contribution is 0.301. The van der Waals surface area contributed by atoms with Crippen molar-refractivity contribution in [3.05, 3.63) is 60.4 Å². The summed E-state index contributed by atoms with van der Waals surface area (Å²) in [5.41, 5.74) is 2.33. The van der Waals surface area contributed by atoms with Crippen molar-refractivity contribution in [1.82, 2.24) is 19.5 Å². The second-order valence-corrected chi connectivity index (χ2v) is 6.56. The predicted molar refractivity (Wildman–Crippen MR) is 102 cm³/mol. The first-order chi connectivity index (χ1) is 13.8. The van der Waals surface area contributed by atoms with Gasteiger partial charge in [-0.2, -0.15) is 4.98 Å². The summed E-state index contributed by atoms with van der Waals surface area (Å²) < 4.78 is 19.1. The van der Waals surface area contributed by atoms with E-state index in [1.165, 1.54) is 0 Å². The molecule has 0 atom stereocenters. The molecular formula is C20H19N5O3. The van der Waals surface area contributed by atoms with Crippen LogP contribution in [-0.2, 0) is 19.7 Å². The van der Waals surface area contributed by atoms with E-state index in [4.69, 9.17) is 13.9 Å². The van der Waals surface area contributed by atoms with Crippen LogP contribution in [0, 0.1) is 0 Å². The lowest BCUT2D eigenvalue weighted by Gasteiger charge is -2.25. The largest absolute Gasteiger partial charge is 0.495 e. The normalized spacial score (nSPS) is 13.5. The minimum atomic E-state index is 0.370. The SMILES string of the molecule is COc1ccc(COc2ccc3oc(N4CCn5ccnc5C4)nc3c2)nc1. The molecule has 28 heavy (non-hydrogen) atoms. The predicted octanol–water partition coefficient (Wildman–Crippen LogP) is 3.03. The molecule has 3 aromatic heterocycles. The van der Waals surface area contributed by atoms with Crippen molar-refractivity contribution < 1.29 is 13.9 Å². The van der Waals surface area contributed by atoms with E-state index in [1.807, 2.05) is 42.7 Å². The summed E-state index contributed by atoms with van der Waals surface area (Å²) in [6.07, 6.45) is 5.50. The van der Waals surface area contributed by atoms with Crippen molar-refractivity contribution >= 4 is 17.1 Å². The van der Waals surface area contributed by atoms with Gasteiger partial charge in [0.2, 0.25) is 0 Å². The van der Waals surface area contributed by atoms with Crippen molar-refractivity contribution in [2.45, 2.75) is 19.7 Å². The molecule has 1 aliphatic rings. The second-order valence-electron chi connectivity index (χ2n) is 6.56. The third kappa shape index (κ3) is 3.13. The molecule has 0 aliphatic carbocycles. The second kappa shape index (κ2) is 6.88. The van der Waals surface area contributed by atoms with Gasteiger partial charge >= 0.3 is 0 Å². The van der Waals surface area contributed by atoms with Gasteiger partial charge in [0.25, 0.3) is 6.01 Å². The van der Waals surface area contributed by atoms with Crippen LogP contribution in [0.3, 0.4) is 0 Å². The Kier molecular flexibility index (Phi) is 4.08. The Labute approximate surface area is 161 Å². The summed E-state index contributed by atoms with van der Waals surface area (Å²) in [6.45, 7) is 2.77. The maximum Gasteiger partial charge on any atom is 0.298 e. The highest BCUT2D eigenvalue weighted by Crippen LogP contribution is 2.27. The summed E-state index contributed by atoms with van der Waals surface area (Å²) in [5, 5.41) is 0. The number of imidazole rings is 1. The lowest BCUT2D eigenvalue weighted by atomic mass is 10.3. The van der Waals surface area contributed by atoms with E-state index in [-0.39, 0.29) is 0 Å². The quantitative estimate of drug-likeness (QED) is 0.529. The van der Waals surface area contributed by atoms with E-state index in [0.717, 1.165) is 47.2 Å². The first kappa shape index (κ1) is 16.6. The minimum Gasteiger partial charge on any atom is -0.495 e.